The van der Waals surface area contributed by atoms with Gasteiger partial charge < -0.3 is 9.13 Å². The highest BCUT2D eigenvalue weighted by Gasteiger charge is 2.20. The van der Waals surface area contributed by atoms with E-state index in [1.807, 2.05) is 60.7 Å². The molecule has 2 heterocycles. The number of hydrogen-bond donors (Lipinski definition) is 0. The van der Waals surface area contributed by atoms with Crippen molar-refractivity contribution in [1.82, 2.24) is 9.13 Å². The first-order valence-corrected chi connectivity index (χ1v) is 11.7. The molecule has 5 aromatic carbocycles. The van der Waals surface area contributed by atoms with Crippen LogP contribution in [0.3, 0.4) is 0 Å². The highest BCUT2D eigenvalue weighted by Crippen LogP contribution is 2.39. The van der Waals surface area contributed by atoms with Crippen LogP contribution in [0.4, 0.5) is 5.69 Å². The summed E-state index contributed by atoms with van der Waals surface area (Å²) in [6, 6.07) is 39.0. The molecule has 7 rings (SSSR count). The Hall–Kier alpha value is -5.32. The van der Waals surface area contributed by atoms with Crippen molar-refractivity contribution in [2.45, 2.75) is 0 Å². The molecule has 2 aromatic heterocycles. The van der Waals surface area contributed by atoms with Gasteiger partial charge in [0, 0.05) is 21.5 Å². The van der Waals surface area contributed by atoms with Crippen LogP contribution in [0.15, 0.2) is 109 Å². The smallest absolute Gasteiger partial charge is 0.212 e. The minimum Gasteiger partial charge on any atom is -0.319 e. The maximum atomic E-state index is 10.3. The molecule has 0 saturated carbocycles. The molecule has 0 bridgehead atoms. The molecule has 4 nitrogen and oxygen atoms in total. The Labute approximate surface area is 207 Å². The van der Waals surface area contributed by atoms with Crippen LogP contribution in [0.5, 0.6) is 0 Å². The van der Waals surface area contributed by atoms with Gasteiger partial charge in [0.2, 0.25) is 5.69 Å². The first kappa shape index (κ1) is 20.1. The molecule has 0 spiro atoms. The second-order valence-corrected chi connectivity index (χ2v) is 8.82. The summed E-state index contributed by atoms with van der Waals surface area (Å²) in [4.78, 5) is 3.95. The Morgan fingerprint density at radius 3 is 1.33 bits per heavy atom. The molecular formula is C32H18N4. The summed E-state index contributed by atoms with van der Waals surface area (Å²) < 4.78 is 4.21. The van der Waals surface area contributed by atoms with Crippen molar-refractivity contribution >= 4 is 49.3 Å². The minimum atomic E-state index is 0.498. The number of para-hydroxylation sites is 4. The molecule has 166 valence electrons. The Bertz CT molecular complexity index is 1820. The topological polar surface area (TPSA) is 38.0 Å². The van der Waals surface area contributed by atoms with Gasteiger partial charge in [-0.1, -0.05) is 72.8 Å². The summed E-state index contributed by atoms with van der Waals surface area (Å²) in [5.41, 5.74) is 6.48. The second kappa shape index (κ2) is 7.60. The van der Waals surface area contributed by atoms with Crippen molar-refractivity contribution in [2.24, 2.45) is 0 Å². The monoisotopic (exact) mass is 458 g/mol. The lowest BCUT2D eigenvalue weighted by atomic mass is 10.1. The summed E-state index contributed by atoms with van der Waals surface area (Å²) in [5.74, 6) is 0. The first-order valence-electron chi connectivity index (χ1n) is 11.7. The molecule has 0 unspecified atom stereocenters. The molecule has 7 aromatic rings. The van der Waals surface area contributed by atoms with Crippen molar-refractivity contribution < 1.29 is 0 Å². The molecular weight excluding hydrogens is 440 g/mol. The standard InChI is InChI=1S/C32H18N4/c1-34-26-19-31(35-27-14-6-2-10-22(27)23-11-3-7-15-28(23)35)21(20-33)18-32(26)36-29-16-8-4-12-24(29)25-13-5-9-17-30(25)36/h2-19H. The van der Waals surface area contributed by atoms with E-state index in [1.54, 1.807) is 0 Å². The summed E-state index contributed by atoms with van der Waals surface area (Å²) in [6.07, 6.45) is 0. The molecule has 0 aliphatic carbocycles. The third kappa shape index (κ3) is 2.67. The fourth-order valence-electron chi connectivity index (χ4n) is 5.47. The highest BCUT2D eigenvalue weighted by molar-refractivity contribution is 6.11. The van der Waals surface area contributed by atoms with Gasteiger partial charge in [-0.2, -0.15) is 5.26 Å². The summed E-state index contributed by atoms with van der Waals surface area (Å²) in [7, 11) is 0. The van der Waals surface area contributed by atoms with Crippen LogP contribution < -0.4 is 0 Å². The van der Waals surface area contributed by atoms with Gasteiger partial charge in [0.25, 0.3) is 0 Å². The van der Waals surface area contributed by atoms with E-state index >= 15 is 0 Å². The van der Waals surface area contributed by atoms with E-state index in [-0.39, 0.29) is 0 Å². The largest absolute Gasteiger partial charge is 0.319 e. The van der Waals surface area contributed by atoms with Crippen LogP contribution in [-0.2, 0) is 0 Å². The number of aromatic nitrogens is 2. The predicted molar refractivity (Wildman–Crippen MR) is 146 cm³/mol. The Morgan fingerprint density at radius 2 is 0.944 bits per heavy atom. The van der Waals surface area contributed by atoms with E-state index in [2.05, 4.69) is 68.6 Å². The third-order valence-corrected chi connectivity index (χ3v) is 6.98. The van der Waals surface area contributed by atoms with Crippen LogP contribution in [0, 0.1) is 17.9 Å². The van der Waals surface area contributed by atoms with Gasteiger partial charge in [-0.05, 0) is 36.4 Å². The average molecular weight is 459 g/mol. The van der Waals surface area contributed by atoms with E-state index in [0.29, 0.717) is 22.6 Å². The molecule has 4 heteroatoms. The maximum Gasteiger partial charge on any atom is 0.212 e. The van der Waals surface area contributed by atoms with Crippen molar-refractivity contribution in [2.75, 3.05) is 0 Å². The van der Waals surface area contributed by atoms with Crippen LogP contribution in [0.1, 0.15) is 5.56 Å². The number of rotatable bonds is 2. The van der Waals surface area contributed by atoms with Crippen molar-refractivity contribution in [1.29, 1.82) is 5.26 Å². The van der Waals surface area contributed by atoms with Gasteiger partial charge in [0.05, 0.1) is 45.6 Å². The molecule has 0 radical (unpaired) electrons. The molecule has 36 heavy (non-hydrogen) atoms. The maximum absolute atomic E-state index is 10.3. The Balaban J connectivity index is 1.60. The van der Waals surface area contributed by atoms with Crippen LogP contribution in [-0.4, -0.2) is 9.13 Å². The van der Waals surface area contributed by atoms with Gasteiger partial charge in [0.1, 0.15) is 6.07 Å². The van der Waals surface area contributed by atoms with E-state index in [4.69, 9.17) is 6.57 Å². The van der Waals surface area contributed by atoms with Crippen LogP contribution in [0.25, 0.3) is 59.8 Å². The quantitative estimate of drug-likeness (QED) is 0.240. The van der Waals surface area contributed by atoms with E-state index in [0.717, 1.165) is 43.6 Å². The van der Waals surface area contributed by atoms with Gasteiger partial charge in [-0.25, -0.2) is 4.85 Å². The zero-order valence-corrected chi connectivity index (χ0v) is 19.2. The van der Waals surface area contributed by atoms with Crippen molar-refractivity contribution in [3.8, 4) is 17.4 Å². The van der Waals surface area contributed by atoms with Crippen LogP contribution >= 0.6 is 0 Å². The normalized spacial score (nSPS) is 11.3. The SMILES string of the molecule is [C-]#[N+]c1cc(-n2c3ccccc3c3ccccc32)c(C#N)cc1-n1c2ccccc2c2ccccc21. The zero-order valence-electron chi connectivity index (χ0n) is 19.2. The third-order valence-electron chi connectivity index (χ3n) is 6.98. The van der Waals surface area contributed by atoms with Gasteiger partial charge in [0.15, 0.2) is 0 Å². The number of nitriles is 1. The molecule has 0 N–H and O–H groups in total. The molecule has 0 amide bonds. The second-order valence-electron chi connectivity index (χ2n) is 8.82. The lowest BCUT2D eigenvalue weighted by Gasteiger charge is -2.15. The molecule has 0 aliphatic heterocycles. The zero-order chi connectivity index (χ0) is 24.2. The molecule has 0 aliphatic rings. The van der Waals surface area contributed by atoms with Crippen molar-refractivity contribution in [3.63, 3.8) is 0 Å². The number of fused-ring (bicyclic) bond motifs is 6. The summed E-state index contributed by atoms with van der Waals surface area (Å²) >= 11 is 0. The van der Waals surface area contributed by atoms with Crippen LogP contribution in [0.2, 0.25) is 0 Å². The van der Waals surface area contributed by atoms with Gasteiger partial charge >= 0.3 is 0 Å². The lowest BCUT2D eigenvalue weighted by Crippen LogP contribution is -2.01. The van der Waals surface area contributed by atoms with E-state index in [1.165, 1.54) is 0 Å². The minimum absolute atomic E-state index is 0.498. The lowest BCUT2D eigenvalue weighted by molar-refractivity contribution is 1.14. The Morgan fingerprint density at radius 1 is 0.556 bits per heavy atom. The average Bonchev–Trinajstić information content (AvgIpc) is 3.45. The summed E-state index contributed by atoms with van der Waals surface area (Å²) in [5, 5.41) is 14.8. The number of benzene rings is 5. The van der Waals surface area contributed by atoms with Gasteiger partial charge in [-0.3, -0.25) is 0 Å². The molecule has 0 atom stereocenters. The fourth-order valence-corrected chi connectivity index (χ4v) is 5.47. The fraction of sp³-hybridized carbons (Fsp3) is 0. The number of hydrogen-bond acceptors (Lipinski definition) is 1. The molecule has 0 saturated heterocycles. The van der Waals surface area contributed by atoms with E-state index < -0.39 is 0 Å². The molecule has 0 fully saturated rings. The predicted octanol–water partition coefficient (Wildman–Crippen LogP) is 8.30. The van der Waals surface area contributed by atoms with Gasteiger partial charge in [-0.15, -0.1) is 0 Å². The van der Waals surface area contributed by atoms with E-state index in [9.17, 15) is 5.26 Å². The first-order chi connectivity index (χ1) is 17.8. The summed E-state index contributed by atoms with van der Waals surface area (Å²) in [6.45, 7) is 8.10. The Kier molecular flexibility index (Phi) is 4.24. The number of nitrogens with zero attached hydrogens (tertiary/aromatic N) is 4. The highest BCUT2D eigenvalue weighted by atomic mass is 15.0. The van der Waals surface area contributed by atoms with Crippen molar-refractivity contribution in [3.05, 3.63) is 126 Å².